The molecule has 1 heterocycles. The molecule has 0 fully saturated rings. The molecule has 0 bridgehead atoms. The van der Waals surface area contributed by atoms with Gasteiger partial charge in [-0.3, -0.25) is 4.79 Å². The van der Waals surface area contributed by atoms with Gasteiger partial charge in [-0.25, -0.2) is 4.98 Å². The van der Waals surface area contributed by atoms with Crippen molar-refractivity contribution in [3.05, 3.63) is 23.4 Å². The van der Waals surface area contributed by atoms with Gasteiger partial charge in [0.2, 0.25) is 0 Å². The number of thioether (sulfide) groups is 1. The van der Waals surface area contributed by atoms with Crippen LogP contribution in [0.3, 0.4) is 0 Å². The third-order valence-electron chi connectivity index (χ3n) is 2.85. The molecule has 5 heteroatoms. The van der Waals surface area contributed by atoms with Gasteiger partial charge in [-0.2, -0.15) is 11.8 Å². The van der Waals surface area contributed by atoms with E-state index in [9.17, 15) is 4.79 Å². The lowest BCUT2D eigenvalue weighted by atomic mass is 10.1. The van der Waals surface area contributed by atoms with E-state index in [0.29, 0.717) is 18.0 Å². The highest BCUT2D eigenvalue weighted by Gasteiger charge is 2.11. The maximum Gasteiger partial charge on any atom is 0.251 e. The Balaban J connectivity index is 2.87. The first-order valence-electron chi connectivity index (χ1n) is 7.11. The van der Waals surface area contributed by atoms with Crippen LogP contribution >= 0.6 is 11.8 Å². The Bertz CT molecular complexity index is 435. The second-order valence-corrected chi connectivity index (χ2v) is 5.98. The average molecular weight is 295 g/mol. The van der Waals surface area contributed by atoms with Crippen molar-refractivity contribution in [3.8, 4) is 0 Å². The summed E-state index contributed by atoms with van der Waals surface area (Å²) in [7, 11) is 0. The predicted molar refractivity (Wildman–Crippen MR) is 87.8 cm³/mol. The molecule has 20 heavy (non-hydrogen) atoms. The zero-order valence-corrected chi connectivity index (χ0v) is 13.6. The van der Waals surface area contributed by atoms with Gasteiger partial charge in [0.05, 0.1) is 0 Å². The van der Waals surface area contributed by atoms with Crippen LogP contribution in [0.4, 0.5) is 5.82 Å². The van der Waals surface area contributed by atoms with Crippen molar-refractivity contribution in [3.63, 3.8) is 0 Å². The molecule has 1 aromatic heterocycles. The quantitative estimate of drug-likeness (QED) is 0.724. The Labute approximate surface area is 126 Å². The van der Waals surface area contributed by atoms with Gasteiger partial charge in [0.15, 0.2) is 0 Å². The van der Waals surface area contributed by atoms with Gasteiger partial charge < -0.3 is 10.6 Å². The van der Waals surface area contributed by atoms with Crippen LogP contribution in [-0.4, -0.2) is 36.0 Å². The van der Waals surface area contributed by atoms with Crippen molar-refractivity contribution in [1.82, 2.24) is 10.3 Å². The molecule has 1 amide bonds. The fourth-order valence-electron chi connectivity index (χ4n) is 1.69. The number of pyridine rings is 1. The number of aromatic nitrogens is 1. The van der Waals surface area contributed by atoms with Crippen LogP contribution in [0, 0.1) is 0 Å². The van der Waals surface area contributed by atoms with E-state index < -0.39 is 0 Å². The molecule has 0 radical (unpaired) electrons. The molecule has 0 saturated heterocycles. The van der Waals surface area contributed by atoms with Crippen molar-refractivity contribution >= 4 is 23.5 Å². The van der Waals surface area contributed by atoms with Crippen molar-refractivity contribution in [2.24, 2.45) is 0 Å². The summed E-state index contributed by atoms with van der Waals surface area (Å²) in [6.07, 6.45) is 3.06. The Hall–Kier alpha value is -1.23. The van der Waals surface area contributed by atoms with E-state index in [-0.39, 0.29) is 5.91 Å². The third-order valence-corrected chi connectivity index (χ3v) is 3.46. The topological polar surface area (TPSA) is 54.0 Å². The Kier molecular flexibility index (Phi) is 7.44. The first-order chi connectivity index (χ1) is 9.58. The van der Waals surface area contributed by atoms with E-state index in [2.05, 4.69) is 36.4 Å². The van der Waals surface area contributed by atoms with Crippen LogP contribution in [0.2, 0.25) is 0 Å². The van der Waals surface area contributed by atoms with Crippen LogP contribution in [0.25, 0.3) is 0 Å². The number of nitrogens with one attached hydrogen (secondary N) is 2. The third kappa shape index (κ3) is 5.41. The summed E-state index contributed by atoms with van der Waals surface area (Å²) < 4.78 is 0. The number of anilines is 1. The first kappa shape index (κ1) is 16.8. The summed E-state index contributed by atoms with van der Waals surface area (Å²) in [4.78, 5) is 16.7. The minimum atomic E-state index is -0.0251. The molecule has 1 rings (SSSR count). The van der Waals surface area contributed by atoms with E-state index in [1.54, 1.807) is 11.8 Å². The predicted octanol–water partition coefficient (Wildman–Crippen LogP) is 3.12. The summed E-state index contributed by atoms with van der Waals surface area (Å²) in [5.74, 6) is 1.99. The minimum absolute atomic E-state index is 0.0251. The summed E-state index contributed by atoms with van der Waals surface area (Å²) >= 11 is 1.72. The van der Waals surface area contributed by atoms with Crippen molar-refractivity contribution < 1.29 is 4.79 Å². The number of nitrogens with zero attached hydrogens (tertiary/aromatic N) is 1. The van der Waals surface area contributed by atoms with E-state index in [1.165, 1.54) is 0 Å². The molecule has 0 aliphatic rings. The summed E-state index contributed by atoms with van der Waals surface area (Å²) in [5.41, 5.74) is 1.63. The van der Waals surface area contributed by atoms with E-state index in [1.807, 2.05) is 18.4 Å². The van der Waals surface area contributed by atoms with E-state index in [4.69, 9.17) is 0 Å². The molecule has 0 saturated carbocycles. The van der Waals surface area contributed by atoms with Gasteiger partial charge in [-0.05, 0) is 30.7 Å². The lowest BCUT2D eigenvalue weighted by Crippen LogP contribution is -2.26. The summed E-state index contributed by atoms with van der Waals surface area (Å²) in [6, 6.07) is 3.71. The van der Waals surface area contributed by atoms with Crippen LogP contribution in [0.5, 0.6) is 0 Å². The van der Waals surface area contributed by atoms with Crippen molar-refractivity contribution in [2.45, 2.75) is 33.1 Å². The second kappa shape index (κ2) is 8.84. The van der Waals surface area contributed by atoms with Crippen molar-refractivity contribution in [1.29, 1.82) is 0 Å². The van der Waals surface area contributed by atoms with Crippen LogP contribution in [0.1, 0.15) is 49.2 Å². The highest BCUT2D eigenvalue weighted by atomic mass is 32.2. The smallest absolute Gasteiger partial charge is 0.251 e. The maximum absolute atomic E-state index is 12.1. The lowest BCUT2D eigenvalue weighted by Gasteiger charge is -2.12. The van der Waals surface area contributed by atoms with Gasteiger partial charge in [-0.15, -0.1) is 0 Å². The Morgan fingerprint density at radius 2 is 2.10 bits per heavy atom. The molecular weight excluding hydrogens is 270 g/mol. The lowest BCUT2D eigenvalue weighted by molar-refractivity contribution is 0.0956. The fraction of sp³-hybridized carbons (Fsp3) is 0.600. The number of hydrogen-bond donors (Lipinski definition) is 2. The molecule has 1 aromatic rings. The molecular formula is C15H25N3OS. The van der Waals surface area contributed by atoms with Gasteiger partial charge in [0.1, 0.15) is 5.82 Å². The normalized spacial score (nSPS) is 10.7. The highest BCUT2D eigenvalue weighted by molar-refractivity contribution is 7.98. The average Bonchev–Trinajstić information content (AvgIpc) is 2.44. The number of hydrogen-bond acceptors (Lipinski definition) is 4. The SMILES string of the molecule is CCCNc1cc(C(=O)NCCSC)cc(C(C)C)n1. The fourth-order valence-corrected chi connectivity index (χ4v) is 2.00. The number of amides is 1. The highest BCUT2D eigenvalue weighted by Crippen LogP contribution is 2.17. The Morgan fingerprint density at radius 1 is 1.35 bits per heavy atom. The number of carbonyl (C=O) groups excluding carboxylic acids is 1. The molecule has 0 aromatic carbocycles. The molecule has 0 unspecified atom stereocenters. The van der Waals surface area contributed by atoms with Crippen molar-refractivity contribution in [2.75, 3.05) is 30.4 Å². The molecule has 112 valence electrons. The maximum atomic E-state index is 12.1. The minimum Gasteiger partial charge on any atom is -0.370 e. The molecule has 0 aliphatic carbocycles. The largest absolute Gasteiger partial charge is 0.370 e. The molecule has 0 aliphatic heterocycles. The van der Waals surface area contributed by atoms with Crippen LogP contribution in [-0.2, 0) is 0 Å². The number of rotatable bonds is 8. The van der Waals surface area contributed by atoms with Gasteiger partial charge in [0.25, 0.3) is 5.91 Å². The van der Waals surface area contributed by atoms with Gasteiger partial charge in [0, 0.05) is 30.1 Å². The molecule has 0 atom stereocenters. The summed E-state index contributed by atoms with van der Waals surface area (Å²) in [5, 5.41) is 6.19. The standard InChI is InChI=1S/C15H25N3OS/c1-5-6-16-14-10-12(9-13(18-14)11(2)3)15(19)17-7-8-20-4/h9-11H,5-8H2,1-4H3,(H,16,18)(H,17,19). The molecule has 4 nitrogen and oxygen atoms in total. The van der Waals surface area contributed by atoms with Crippen LogP contribution < -0.4 is 10.6 Å². The first-order valence-corrected chi connectivity index (χ1v) is 8.50. The van der Waals surface area contributed by atoms with Crippen LogP contribution in [0.15, 0.2) is 12.1 Å². The van der Waals surface area contributed by atoms with Gasteiger partial charge >= 0.3 is 0 Å². The van der Waals surface area contributed by atoms with Gasteiger partial charge in [-0.1, -0.05) is 20.8 Å². The zero-order valence-electron chi connectivity index (χ0n) is 12.8. The summed E-state index contributed by atoms with van der Waals surface area (Å²) in [6.45, 7) is 7.83. The number of carbonyl (C=O) groups is 1. The molecule has 0 spiro atoms. The van der Waals surface area contributed by atoms with E-state index in [0.717, 1.165) is 30.2 Å². The second-order valence-electron chi connectivity index (χ2n) is 5.00. The van der Waals surface area contributed by atoms with E-state index >= 15 is 0 Å². The Morgan fingerprint density at radius 3 is 2.70 bits per heavy atom. The monoisotopic (exact) mass is 295 g/mol. The zero-order chi connectivity index (χ0) is 15.0. The molecule has 2 N–H and O–H groups in total.